The second kappa shape index (κ2) is 4.61. The summed E-state index contributed by atoms with van der Waals surface area (Å²) in [6.45, 7) is 6.44. The van der Waals surface area contributed by atoms with Gasteiger partial charge in [-0.3, -0.25) is 0 Å². The zero-order chi connectivity index (χ0) is 12.5. The van der Waals surface area contributed by atoms with Gasteiger partial charge in [-0.1, -0.05) is 39.0 Å². The summed E-state index contributed by atoms with van der Waals surface area (Å²) in [5.74, 6) is 0. The fourth-order valence-corrected chi connectivity index (χ4v) is 1.85. The Bertz CT molecular complexity index is 512. The lowest BCUT2D eigenvalue weighted by Gasteiger charge is -2.25. The number of rotatable bonds is 2. The average molecular weight is 249 g/mol. The molecule has 17 heavy (non-hydrogen) atoms. The van der Waals surface area contributed by atoms with Crippen LogP contribution in [0.25, 0.3) is 10.9 Å². The fourth-order valence-electron chi connectivity index (χ4n) is 1.70. The summed E-state index contributed by atoms with van der Waals surface area (Å²) < 4.78 is 0. The van der Waals surface area contributed by atoms with Crippen LogP contribution in [0.15, 0.2) is 30.6 Å². The molecule has 2 aromatic rings. The van der Waals surface area contributed by atoms with Gasteiger partial charge in [0, 0.05) is 17.2 Å². The minimum Gasteiger partial charge on any atom is -0.241 e. The highest BCUT2D eigenvalue weighted by atomic mass is 35.5. The maximum atomic E-state index is 6.43. The van der Waals surface area contributed by atoms with E-state index in [1.54, 1.807) is 6.33 Å². The molecule has 0 aliphatic carbocycles. The van der Waals surface area contributed by atoms with Crippen molar-refractivity contribution in [2.75, 3.05) is 0 Å². The molecule has 1 heterocycles. The van der Waals surface area contributed by atoms with Gasteiger partial charge in [-0.05, 0) is 11.5 Å². The molecule has 0 fully saturated rings. The van der Waals surface area contributed by atoms with Gasteiger partial charge in [0.05, 0.1) is 11.2 Å². The molecule has 2 rings (SSSR count). The Morgan fingerprint density at radius 2 is 1.88 bits per heavy atom. The third-order valence-corrected chi connectivity index (χ3v) is 3.75. The highest BCUT2D eigenvalue weighted by Crippen LogP contribution is 2.28. The van der Waals surface area contributed by atoms with Gasteiger partial charge in [0.2, 0.25) is 0 Å². The number of para-hydroxylation sites is 1. The normalized spacial score (nSPS) is 13.9. The lowest BCUT2D eigenvalue weighted by molar-refractivity contribution is 0.385. The van der Waals surface area contributed by atoms with Gasteiger partial charge in [0.25, 0.3) is 0 Å². The van der Waals surface area contributed by atoms with E-state index >= 15 is 0 Å². The maximum Gasteiger partial charge on any atom is 0.116 e. The molecule has 1 unspecified atom stereocenters. The molecule has 90 valence electrons. The summed E-state index contributed by atoms with van der Waals surface area (Å²) in [5, 5.41) is 1.17. The third kappa shape index (κ3) is 2.75. The second-order valence-corrected chi connectivity index (χ2v) is 5.90. The summed E-state index contributed by atoms with van der Waals surface area (Å²) in [6, 6.07) is 8.05. The molecule has 0 saturated carbocycles. The van der Waals surface area contributed by atoms with Gasteiger partial charge in [-0.25, -0.2) is 9.97 Å². The summed E-state index contributed by atoms with van der Waals surface area (Å²) in [5.41, 5.74) is 2.09. The molecule has 1 atom stereocenters. The Morgan fingerprint density at radius 1 is 1.18 bits per heavy atom. The van der Waals surface area contributed by atoms with E-state index in [1.165, 1.54) is 0 Å². The lowest BCUT2D eigenvalue weighted by Crippen LogP contribution is -2.23. The van der Waals surface area contributed by atoms with E-state index in [2.05, 4.69) is 36.8 Å². The lowest BCUT2D eigenvalue weighted by atomic mass is 9.88. The van der Waals surface area contributed by atoms with Gasteiger partial charge in [-0.2, -0.15) is 0 Å². The standard InChI is InChI=1S/C14H17ClN2/c1-14(2,3)13(15)8-12-10-6-4-5-7-11(10)16-9-17-12/h4-7,9,13H,8H2,1-3H3. The number of fused-ring (bicyclic) bond motifs is 1. The first-order valence-electron chi connectivity index (χ1n) is 5.81. The molecule has 1 aromatic heterocycles. The van der Waals surface area contributed by atoms with Crippen molar-refractivity contribution in [2.24, 2.45) is 5.41 Å². The minimum absolute atomic E-state index is 0.0702. The molecule has 0 N–H and O–H groups in total. The molecule has 0 spiro atoms. The molecule has 0 bridgehead atoms. The summed E-state index contributed by atoms with van der Waals surface area (Å²) >= 11 is 6.43. The molecule has 0 aliphatic rings. The molecule has 1 aromatic carbocycles. The van der Waals surface area contributed by atoms with Crippen molar-refractivity contribution >= 4 is 22.5 Å². The largest absolute Gasteiger partial charge is 0.241 e. The Kier molecular flexibility index (Phi) is 3.34. The van der Waals surface area contributed by atoms with Gasteiger partial charge in [0.15, 0.2) is 0 Å². The van der Waals surface area contributed by atoms with Crippen LogP contribution in [0.5, 0.6) is 0 Å². The van der Waals surface area contributed by atoms with Crippen molar-refractivity contribution in [2.45, 2.75) is 32.6 Å². The third-order valence-electron chi connectivity index (χ3n) is 2.94. The van der Waals surface area contributed by atoms with Crippen molar-refractivity contribution in [3.8, 4) is 0 Å². The predicted octanol–water partition coefficient (Wildman–Crippen LogP) is 3.83. The van der Waals surface area contributed by atoms with Crippen molar-refractivity contribution in [1.82, 2.24) is 9.97 Å². The minimum atomic E-state index is 0.0702. The number of benzene rings is 1. The zero-order valence-electron chi connectivity index (χ0n) is 10.4. The van der Waals surface area contributed by atoms with Crippen LogP contribution in [0, 0.1) is 5.41 Å². The van der Waals surface area contributed by atoms with E-state index in [-0.39, 0.29) is 10.8 Å². The van der Waals surface area contributed by atoms with E-state index in [9.17, 15) is 0 Å². The van der Waals surface area contributed by atoms with Gasteiger partial charge >= 0.3 is 0 Å². The smallest absolute Gasteiger partial charge is 0.116 e. The molecule has 0 radical (unpaired) electrons. The van der Waals surface area contributed by atoms with Crippen molar-refractivity contribution in [3.63, 3.8) is 0 Å². The molecular formula is C14H17ClN2. The first-order chi connectivity index (χ1) is 7.98. The second-order valence-electron chi connectivity index (χ2n) is 5.38. The fraction of sp³-hybridized carbons (Fsp3) is 0.429. The number of nitrogens with zero attached hydrogens (tertiary/aromatic N) is 2. The van der Waals surface area contributed by atoms with Gasteiger partial charge in [0.1, 0.15) is 6.33 Å². The highest BCUT2D eigenvalue weighted by Gasteiger charge is 2.23. The summed E-state index contributed by atoms with van der Waals surface area (Å²) in [4.78, 5) is 8.62. The van der Waals surface area contributed by atoms with Crippen LogP contribution in [0.1, 0.15) is 26.5 Å². The van der Waals surface area contributed by atoms with Gasteiger partial charge < -0.3 is 0 Å². The quantitative estimate of drug-likeness (QED) is 0.755. The first kappa shape index (κ1) is 12.3. The average Bonchev–Trinajstić information content (AvgIpc) is 2.28. The molecule has 2 nitrogen and oxygen atoms in total. The van der Waals surface area contributed by atoms with Crippen LogP contribution in [-0.2, 0) is 6.42 Å². The van der Waals surface area contributed by atoms with E-state index in [4.69, 9.17) is 11.6 Å². The highest BCUT2D eigenvalue weighted by molar-refractivity contribution is 6.21. The maximum absolute atomic E-state index is 6.43. The van der Waals surface area contributed by atoms with Crippen molar-refractivity contribution in [1.29, 1.82) is 0 Å². The van der Waals surface area contributed by atoms with Crippen LogP contribution in [-0.4, -0.2) is 15.3 Å². The first-order valence-corrected chi connectivity index (χ1v) is 6.25. The molecule has 0 saturated heterocycles. The number of hydrogen-bond acceptors (Lipinski definition) is 2. The number of alkyl halides is 1. The van der Waals surface area contributed by atoms with Crippen LogP contribution < -0.4 is 0 Å². The van der Waals surface area contributed by atoms with Crippen LogP contribution in [0.4, 0.5) is 0 Å². The monoisotopic (exact) mass is 248 g/mol. The van der Waals surface area contributed by atoms with Crippen LogP contribution in [0.3, 0.4) is 0 Å². The Morgan fingerprint density at radius 3 is 2.59 bits per heavy atom. The Balaban J connectivity index is 2.36. The zero-order valence-corrected chi connectivity index (χ0v) is 11.2. The van der Waals surface area contributed by atoms with Crippen LogP contribution >= 0.6 is 11.6 Å². The Hall–Kier alpha value is -1.15. The van der Waals surface area contributed by atoms with E-state index in [1.807, 2.05) is 18.2 Å². The predicted molar refractivity (Wildman–Crippen MR) is 72.3 cm³/mol. The number of hydrogen-bond donors (Lipinski definition) is 0. The summed E-state index contributed by atoms with van der Waals surface area (Å²) in [7, 11) is 0. The SMILES string of the molecule is CC(C)(C)C(Cl)Cc1ncnc2ccccc12. The molecule has 0 aliphatic heterocycles. The molecule has 3 heteroatoms. The molecular weight excluding hydrogens is 232 g/mol. The Labute approximate surface area is 107 Å². The van der Waals surface area contributed by atoms with Crippen molar-refractivity contribution in [3.05, 3.63) is 36.3 Å². The number of halogens is 1. The van der Waals surface area contributed by atoms with Crippen LogP contribution in [0.2, 0.25) is 0 Å². The molecule has 0 amide bonds. The summed E-state index contributed by atoms with van der Waals surface area (Å²) in [6.07, 6.45) is 2.39. The topological polar surface area (TPSA) is 25.8 Å². The van der Waals surface area contributed by atoms with E-state index in [0.29, 0.717) is 0 Å². The van der Waals surface area contributed by atoms with Crippen molar-refractivity contribution < 1.29 is 0 Å². The van der Waals surface area contributed by atoms with E-state index < -0.39 is 0 Å². The van der Waals surface area contributed by atoms with Gasteiger partial charge in [-0.15, -0.1) is 11.6 Å². The van der Waals surface area contributed by atoms with E-state index in [0.717, 1.165) is 23.0 Å². The number of aromatic nitrogens is 2.